The lowest BCUT2D eigenvalue weighted by Gasteiger charge is -2.16. The van der Waals surface area contributed by atoms with E-state index in [0.29, 0.717) is 16.6 Å². The van der Waals surface area contributed by atoms with Crippen molar-refractivity contribution < 1.29 is 4.79 Å². The number of carbonyl (C=O) groups excluding carboxylic acids is 1. The number of hydrogen-bond donors (Lipinski definition) is 0. The van der Waals surface area contributed by atoms with Crippen molar-refractivity contribution >= 4 is 29.1 Å². The Hall–Kier alpha value is -0.990. The van der Waals surface area contributed by atoms with Crippen LogP contribution in [0.1, 0.15) is 12.5 Å². The van der Waals surface area contributed by atoms with Crippen molar-refractivity contribution in [2.45, 2.75) is 13.5 Å². The van der Waals surface area contributed by atoms with Crippen molar-refractivity contribution in [1.29, 1.82) is 0 Å². The molecule has 0 aliphatic heterocycles. The van der Waals surface area contributed by atoms with Gasteiger partial charge in [0.2, 0.25) is 5.91 Å². The number of carbonyl (C=O) groups is 1. The van der Waals surface area contributed by atoms with E-state index >= 15 is 0 Å². The monoisotopic (exact) mass is 257 g/mol. The van der Waals surface area contributed by atoms with Crippen LogP contribution in [0.15, 0.2) is 30.4 Å². The third-order valence-corrected chi connectivity index (χ3v) is 2.98. The molecule has 86 valence electrons. The van der Waals surface area contributed by atoms with Crippen LogP contribution in [0.5, 0.6) is 0 Å². The van der Waals surface area contributed by atoms with Gasteiger partial charge in [0.05, 0.1) is 10.0 Å². The lowest BCUT2D eigenvalue weighted by molar-refractivity contribution is -0.125. The fourth-order valence-corrected chi connectivity index (χ4v) is 1.65. The Morgan fingerprint density at radius 1 is 1.44 bits per heavy atom. The fourth-order valence-electron chi connectivity index (χ4n) is 1.27. The van der Waals surface area contributed by atoms with Crippen molar-refractivity contribution in [2.75, 3.05) is 7.05 Å². The molecule has 0 saturated carbocycles. The second-order valence-electron chi connectivity index (χ2n) is 3.41. The average molecular weight is 258 g/mol. The van der Waals surface area contributed by atoms with Gasteiger partial charge in [-0.25, -0.2) is 0 Å². The quantitative estimate of drug-likeness (QED) is 0.759. The standard InChI is InChI=1S/C12H13Cl2NO/c1-3-5-11(16)15(2)8-9-6-4-7-10(13)12(9)14/h3-7H,8H2,1-2H3. The van der Waals surface area contributed by atoms with Gasteiger partial charge < -0.3 is 4.90 Å². The Balaban J connectivity index is 2.81. The van der Waals surface area contributed by atoms with Gasteiger partial charge in [-0.1, -0.05) is 41.4 Å². The van der Waals surface area contributed by atoms with Crippen LogP contribution in [0.2, 0.25) is 10.0 Å². The van der Waals surface area contributed by atoms with E-state index in [1.807, 2.05) is 12.1 Å². The molecule has 0 bridgehead atoms. The average Bonchev–Trinajstić information content (AvgIpc) is 2.25. The number of allylic oxidation sites excluding steroid dienone is 1. The van der Waals surface area contributed by atoms with Crippen molar-refractivity contribution in [3.05, 3.63) is 46.0 Å². The third kappa shape index (κ3) is 3.26. The number of amides is 1. The number of rotatable bonds is 3. The molecule has 1 rings (SSSR count). The Bertz CT molecular complexity index is 415. The van der Waals surface area contributed by atoms with Crippen molar-refractivity contribution in [3.63, 3.8) is 0 Å². The predicted molar refractivity (Wildman–Crippen MR) is 67.8 cm³/mol. The maximum atomic E-state index is 11.5. The van der Waals surface area contributed by atoms with Crippen LogP contribution in [-0.2, 0) is 11.3 Å². The van der Waals surface area contributed by atoms with E-state index < -0.39 is 0 Å². The summed E-state index contributed by atoms with van der Waals surface area (Å²) in [7, 11) is 1.72. The first-order chi connectivity index (χ1) is 7.56. The van der Waals surface area contributed by atoms with E-state index in [9.17, 15) is 4.79 Å². The number of hydrogen-bond acceptors (Lipinski definition) is 1. The van der Waals surface area contributed by atoms with Crippen LogP contribution >= 0.6 is 23.2 Å². The highest BCUT2D eigenvalue weighted by molar-refractivity contribution is 6.42. The summed E-state index contributed by atoms with van der Waals surface area (Å²) >= 11 is 11.9. The van der Waals surface area contributed by atoms with E-state index in [-0.39, 0.29) is 5.91 Å². The first kappa shape index (κ1) is 13.1. The van der Waals surface area contributed by atoms with Gasteiger partial charge in [-0.3, -0.25) is 4.79 Å². The molecule has 0 N–H and O–H groups in total. The molecular formula is C12H13Cl2NO. The van der Waals surface area contributed by atoms with E-state index in [2.05, 4.69) is 0 Å². The second kappa shape index (κ2) is 5.92. The summed E-state index contributed by atoms with van der Waals surface area (Å²) in [5.41, 5.74) is 0.842. The zero-order valence-electron chi connectivity index (χ0n) is 9.21. The van der Waals surface area contributed by atoms with E-state index in [1.165, 1.54) is 6.08 Å². The lowest BCUT2D eigenvalue weighted by Crippen LogP contribution is -2.24. The minimum atomic E-state index is -0.0569. The van der Waals surface area contributed by atoms with Crippen LogP contribution in [0.25, 0.3) is 0 Å². The van der Waals surface area contributed by atoms with Crippen LogP contribution < -0.4 is 0 Å². The smallest absolute Gasteiger partial charge is 0.246 e. The van der Waals surface area contributed by atoms with Gasteiger partial charge >= 0.3 is 0 Å². The predicted octanol–water partition coefficient (Wildman–Crippen LogP) is 3.53. The van der Waals surface area contributed by atoms with Crippen LogP contribution in [0.4, 0.5) is 0 Å². The molecule has 0 unspecified atom stereocenters. The third-order valence-electron chi connectivity index (χ3n) is 2.12. The molecule has 1 aromatic carbocycles. The van der Waals surface area contributed by atoms with Crippen molar-refractivity contribution in [1.82, 2.24) is 4.90 Å². The van der Waals surface area contributed by atoms with E-state index in [4.69, 9.17) is 23.2 Å². The summed E-state index contributed by atoms with van der Waals surface area (Å²) in [4.78, 5) is 13.1. The Morgan fingerprint density at radius 2 is 2.12 bits per heavy atom. The summed E-state index contributed by atoms with van der Waals surface area (Å²) in [5, 5.41) is 1.01. The molecule has 0 heterocycles. The van der Waals surface area contributed by atoms with Gasteiger partial charge in [-0.05, 0) is 24.6 Å². The SMILES string of the molecule is CC=CC(=O)N(C)Cc1cccc(Cl)c1Cl. The highest BCUT2D eigenvalue weighted by Crippen LogP contribution is 2.26. The normalized spacial score (nSPS) is 10.8. The molecule has 0 aromatic heterocycles. The molecule has 0 radical (unpaired) electrons. The number of likely N-dealkylation sites (N-methyl/N-ethyl adjacent to an activating group) is 1. The Kier molecular flexibility index (Phi) is 4.84. The fraction of sp³-hybridized carbons (Fsp3) is 0.250. The summed E-state index contributed by atoms with van der Waals surface area (Å²) < 4.78 is 0. The Labute approximate surface area is 105 Å². The van der Waals surface area contributed by atoms with Gasteiger partial charge in [0.1, 0.15) is 0 Å². The minimum Gasteiger partial charge on any atom is -0.338 e. The summed E-state index contributed by atoms with van der Waals surface area (Å²) in [6, 6.07) is 5.40. The first-order valence-corrected chi connectivity index (χ1v) is 5.62. The number of nitrogens with zero attached hydrogens (tertiary/aromatic N) is 1. The molecule has 0 saturated heterocycles. The van der Waals surface area contributed by atoms with Crippen LogP contribution in [0.3, 0.4) is 0 Å². The van der Waals surface area contributed by atoms with Gasteiger partial charge in [0.15, 0.2) is 0 Å². The van der Waals surface area contributed by atoms with Crippen molar-refractivity contribution in [2.24, 2.45) is 0 Å². The first-order valence-electron chi connectivity index (χ1n) is 4.87. The molecule has 2 nitrogen and oxygen atoms in total. The van der Waals surface area contributed by atoms with Crippen LogP contribution in [-0.4, -0.2) is 17.9 Å². The molecule has 4 heteroatoms. The Morgan fingerprint density at radius 3 is 2.75 bits per heavy atom. The van der Waals surface area contributed by atoms with E-state index in [0.717, 1.165) is 5.56 Å². The zero-order valence-corrected chi connectivity index (χ0v) is 10.7. The molecule has 1 amide bonds. The summed E-state index contributed by atoms with van der Waals surface area (Å²) in [6.45, 7) is 2.25. The molecule has 0 aliphatic carbocycles. The molecule has 0 atom stereocenters. The lowest BCUT2D eigenvalue weighted by atomic mass is 10.2. The highest BCUT2D eigenvalue weighted by atomic mass is 35.5. The maximum Gasteiger partial charge on any atom is 0.246 e. The molecule has 0 aliphatic rings. The van der Waals surface area contributed by atoms with Gasteiger partial charge in [0.25, 0.3) is 0 Å². The van der Waals surface area contributed by atoms with E-state index in [1.54, 1.807) is 31.0 Å². The van der Waals surface area contributed by atoms with Crippen LogP contribution in [0, 0.1) is 0 Å². The molecule has 0 spiro atoms. The minimum absolute atomic E-state index is 0.0569. The van der Waals surface area contributed by atoms with Crippen molar-refractivity contribution in [3.8, 4) is 0 Å². The summed E-state index contributed by atoms with van der Waals surface area (Å²) in [6.07, 6.45) is 3.22. The van der Waals surface area contributed by atoms with Gasteiger partial charge in [0, 0.05) is 13.6 Å². The number of benzene rings is 1. The molecule has 1 aromatic rings. The topological polar surface area (TPSA) is 20.3 Å². The maximum absolute atomic E-state index is 11.5. The zero-order chi connectivity index (χ0) is 12.1. The molecular weight excluding hydrogens is 245 g/mol. The molecule has 0 fully saturated rings. The number of halogens is 2. The second-order valence-corrected chi connectivity index (χ2v) is 4.19. The largest absolute Gasteiger partial charge is 0.338 e. The van der Waals surface area contributed by atoms with Gasteiger partial charge in [-0.2, -0.15) is 0 Å². The summed E-state index contributed by atoms with van der Waals surface area (Å²) in [5.74, 6) is -0.0569. The molecule has 16 heavy (non-hydrogen) atoms. The highest BCUT2D eigenvalue weighted by Gasteiger charge is 2.09. The van der Waals surface area contributed by atoms with Gasteiger partial charge in [-0.15, -0.1) is 0 Å².